The molecule has 0 atom stereocenters. The summed E-state index contributed by atoms with van der Waals surface area (Å²) in [6, 6.07) is 6.86. The highest BCUT2D eigenvalue weighted by Crippen LogP contribution is 2.24. The summed E-state index contributed by atoms with van der Waals surface area (Å²) in [5, 5.41) is 12.8. The van der Waals surface area contributed by atoms with Crippen LogP contribution in [0.3, 0.4) is 0 Å². The number of nitrogens with one attached hydrogen (secondary N) is 1. The number of aliphatic hydroxyl groups excluding tert-OH is 1. The van der Waals surface area contributed by atoms with E-state index in [4.69, 9.17) is 21.1 Å². The lowest BCUT2D eigenvalue weighted by atomic mass is 10.2. The molecule has 21 heavy (non-hydrogen) atoms. The van der Waals surface area contributed by atoms with Crippen LogP contribution >= 0.6 is 11.6 Å². The molecule has 0 radical (unpaired) electrons. The summed E-state index contributed by atoms with van der Waals surface area (Å²) >= 11 is 6.08. The van der Waals surface area contributed by atoms with Gasteiger partial charge in [0.05, 0.1) is 31.0 Å². The monoisotopic (exact) mass is 309 g/mol. The number of esters is 1. The fraction of sp³-hybridized carbons (Fsp3) is 0.267. The first-order chi connectivity index (χ1) is 10.0. The number of carbonyl (C=O) groups is 1. The standard InChI is InChI=1S/C15H16ClNO4/c1-9-12(15(19)20-2)6-11(21-9)7-17-14-5-10(8-18)3-4-13(14)16/h3-6,17-18H,7-8H2,1-2H3. The van der Waals surface area contributed by atoms with Gasteiger partial charge >= 0.3 is 5.97 Å². The number of benzene rings is 1. The van der Waals surface area contributed by atoms with Gasteiger partial charge in [0.15, 0.2) is 0 Å². The molecular formula is C15H16ClNO4. The highest BCUT2D eigenvalue weighted by Gasteiger charge is 2.15. The fourth-order valence-electron chi connectivity index (χ4n) is 1.93. The predicted molar refractivity (Wildman–Crippen MR) is 79.5 cm³/mol. The van der Waals surface area contributed by atoms with Gasteiger partial charge in [0, 0.05) is 0 Å². The molecule has 2 rings (SSSR count). The maximum atomic E-state index is 11.5. The predicted octanol–water partition coefficient (Wildman–Crippen LogP) is 3.13. The third-order valence-corrected chi connectivity index (χ3v) is 3.37. The van der Waals surface area contributed by atoms with Gasteiger partial charge in [-0.3, -0.25) is 0 Å². The number of furan rings is 1. The minimum Gasteiger partial charge on any atom is -0.465 e. The van der Waals surface area contributed by atoms with Crippen LogP contribution in [0.1, 0.15) is 27.4 Å². The molecule has 2 aromatic rings. The third kappa shape index (κ3) is 3.56. The SMILES string of the molecule is COC(=O)c1cc(CNc2cc(CO)ccc2Cl)oc1C. The Hall–Kier alpha value is -1.98. The van der Waals surface area contributed by atoms with E-state index in [0.29, 0.717) is 34.3 Å². The average Bonchev–Trinajstić information content (AvgIpc) is 2.86. The van der Waals surface area contributed by atoms with Crippen molar-refractivity contribution in [1.29, 1.82) is 0 Å². The first kappa shape index (κ1) is 15.4. The highest BCUT2D eigenvalue weighted by atomic mass is 35.5. The number of hydrogen-bond acceptors (Lipinski definition) is 5. The molecule has 0 amide bonds. The molecule has 1 aromatic carbocycles. The van der Waals surface area contributed by atoms with Crippen LogP contribution in [0.15, 0.2) is 28.7 Å². The summed E-state index contributed by atoms with van der Waals surface area (Å²) < 4.78 is 10.2. The number of methoxy groups -OCH3 is 1. The van der Waals surface area contributed by atoms with Crippen LogP contribution in [0.4, 0.5) is 5.69 Å². The van der Waals surface area contributed by atoms with Gasteiger partial charge in [0.1, 0.15) is 17.1 Å². The Labute approximate surface area is 127 Å². The summed E-state index contributed by atoms with van der Waals surface area (Å²) in [5.74, 6) is 0.676. The number of anilines is 1. The molecule has 0 spiro atoms. The van der Waals surface area contributed by atoms with Crippen molar-refractivity contribution in [3.8, 4) is 0 Å². The van der Waals surface area contributed by atoms with Crippen LogP contribution in [0.5, 0.6) is 0 Å². The highest BCUT2D eigenvalue weighted by molar-refractivity contribution is 6.33. The fourth-order valence-corrected chi connectivity index (χ4v) is 2.12. The van der Waals surface area contributed by atoms with Crippen molar-refractivity contribution in [3.05, 3.63) is 51.9 Å². The number of ether oxygens (including phenoxy) is 1. The number of halogens is 1. The van der Waals surface area contributed by atoms with Gasteiger partial charge in [-0.1, -0.05) is 17.7 Å². The Kier molecular flexibility index (Phi) is 4.88. The second kappa shape index (κ2) is 6.65. The smallest absolute Gasteiger partial charge is 0.341 e. The van der Waals surface area contributed by atoms with Gasteiger partial charge in [0.2, 0.25) is 0 Å². The molecule has 0 saturated heterocycles. The normalized spacial score (nSPS) is 10.5. The van der Waals surface area contributed by atoms with Crippen LogP contribution in [0.2, 0.25) is 5.02 Å². The van der Waals surface area contributed by atoms with Crippen molar-refractivity contribution < 1.29 is 19.1 Å². The van der Waals surface area contributed by atoms with Crippen molar-refractivity contribution in [2.24, 2.45) is 0 Å². The van der Waals surface area contributed by atoms with E-state index < -0.39 is 5.97 Å². The zero-order valence-electron chi connectivity index (χ0n) is 11.8. The first-order valence-corrected chi connectivity index (χ1v) is 6.73. The van der Waals surface area contributed by atoms with Crippen LogP contribution < -0.4 is 5.32 Å². The van der Waals surface area contributed by atoms with E-state index in [9.17, 15) is 4.79 Å². The molecule has 0 aliphatic carbocycles. The van der Waals surface area contributed by atoms with Gasteiger partial charge < -0.3 is 19.6 Å². The third-order valence-electron chi connectivity index (χ3n) is 3.04. The largest absolute Gasteiger partial charge is 0.465 e. The molecule has 0 aliphatic heterocycles. The first-order valence-electron chi connectivity index (χ1n) is 6.36. The van der Waals surface area contributed by atoms with Gasteiger partial charge in [-0.15, -0.1) is 0 Å². The molecule has 5 nitrogen and oxygen atoms in total. The van der Waals surface area contributed by atoms with E-state index in [2.05, 4.69) is 10.1 Å². The van der Waals surface area contributed by atoms with Crippen LogP contribution in [-0.2, 0) is 17.9 Å². The lowest BCUT2D eigenvalue weighted by Crippen LogP contribution is -2.01. The second-order valence-corrected chi connectivity index (χ2v) is 4.91. The van der Waals surface area contributed by atoms with Crippen molar-refractivity contribution in [3.63, 3.8) is 0 Å². The number of hydrogen-bond donors (Lipinski definition) is 2. The molecule has 2 N–H and O–H groups in total. The molecule has 1 heterocycles. The zero-order valence-corrected chi connectivity index (χ0v) is 12.5. The number of carbonyl (C=O) groups excluding carboxylic acids is 1. The van der Waals surface area contributed by atoms with E-state index in [0.717, 1.165) is 5.56 Å². The molecule has 0 saturated carbocycles. The Balaban J connectivity index is 2.11. The lowest BCUT2D eigenvalue weighted by molar-refractivity contribution is 0.0599. The lowest BCUT2D eigenvalue weighted by Gasteiger charge is -2.08. The van der Waals surface area contributed by atoms with E-state index >= 15 is 0 Å². The van der Waals surface area contributed by atoms with Crippen molar-refractivity contribution in [2.75, 3.05) is 12.4 Å². The minimum absolute atomic E-state index is 0.0573. The maximum absolute atomic E-state index is 11.5. The van der Waals surface area contributed by atoms with Gasteiger partial charge in [0.25, 0.3) is 0 Å². The summed E-state index contributed by atoms with van der Waals surface area (Å²) in [6.45, 7) is 2.01. The number of rotatable bonds is 5. The molecule has 0 aliphatic rings. The van der Waals surface area contributed by atoms with E-state index in [1.54, 1.807) is 31.2 Å². The Morgan fingerprint density at radius 1 is 1.43 bits per heavy atom. The van der Waals surface area contributed by atoms with Crippen molar-refractivity contribution >= 4 is 23.3 Å². The summed E-state index contributed by atoms with van der Waals surface area (Å²) in [7, 11) is 1.33. The quantitative estimate of drug-likeness (QED) is 0.830. The van der Waals surface area contributed by atoms with Gasteiger partial charge in [-0.25, -0.2) is 4.79 Å². The van der Waals surface area contributed by atoms with Crippen molar-refractivity contribution in [1.82, 2.24) is 0 Å². The van der Waals surface area contributed by atoms with Crippen LogP contribution in [-0.4, -0.2) is 18.2 Å². The molecule has 6 heteroatoms. The average molecular weight is 310 g/mol. The summed E-state index contributed by atoms with van der Waals surface area (Å²) in [5.41, 5.74) is 1.86. The number of aryl methyl sites for hydroxylation is 1. The number of aliphatic hydroxyl groups is 1. The second-order valence-electron chi connectivity index (χ2n) is 4.50. The summed E-state index contributed by atoms with van der Waals surface area (Å²) in [4.78, 5) is 11.5. The molecule has 0 unspecified atom stereocenters. The molecular weight excluding hydrogens is 294 g/mol. The minimum atomic E-state index is -0.428. The van der Waals surface area contributed by atoms with E-state index in [1.807, 2.05) is 0 Å². The van der Waals surface area contributed by atoms with Crippen LogP contribution in [0.25, 0.3) is 0 Å². The van der Waals surface area contributed by atoms with Crippen molar-refractivity contribution in [2.45, 2.75) is 20.1 Å². The molecule has 1 aromatic heterocycles. The Morgan fingerprint density at radius 2 is 2.19 bits per heavy atom. The van der Waals surface area contributed by atoms with E-state index in [1.165, 1.54) is 7.11 Å². The molecule has 112 valence electrons. The zero-order chi connectivity index (χ0) is 15.4. The molecule has 0 bridgehead atoms. The van der Waals surface area contributed by atoms with Gasteiger partial charge in [-0.05, 0) is 30.7 Å². The van der Waals surface area contributed by atoms with Gasteiger partial charge in [-0.2, -0.15) is 0 Å². The Bertz CT molecular complexity index is 651. The maximum Gasteiger partial charge on any atom is 0.341 e. The van der Waals surface area contributed by atoms with E-state index in [-0.39, 0.29) is 6.61 Å². The Morgan fingerprint density at radius 3 is 2.86 bits per heavy atom. The topological polar surface area (TPSA) is 71.7 Å². The summed E-state index contributed by atoms with van der Waals surface area (Å²) in [6.07, 6.45) is 0. The van der Waals surface area contributed by atoms with Crippen LogP contribution in [0, 0.1) is 6.92 Å². The molecule has 0 fully saturated rings.